The number of guanidine groups is 1. The van der Waals surface area contributed by atoms with E-state index in [0.717, 1.165) is 17.1 Å². The van der Waals surface area contributed by atoms with Crippen molar-refractivity contribution in [2.75, 3.05) is 19.6 Å². The highest BCUT2D eigenvalue weighted by Crippen LogP contribution is 2.22. The van der Waals surface area contributed by atoms with Gasteiger partial charge in [-0.25, -0.2) is 0 Å². The first-order valence-corrected chi connectivity index (χ1v) is 8.77. The van der Waals surface area contributed by atoms with Gasteiger partial charge in [0, 0.05) is 18.1 Å². The molecule has 5 nitrogen and oxygen atoms in total. The van der Waals surface area contributed by atoms with Gasteiger partial charge in [-0.1, -0.05) is 29.8 Å². The van der Waals surface area contributed by atoms with Gasteiger partial charge in [-0.2, -0.15) is 0 Å². The van der Waals surface area contributed by atoms with Gasteiger partial charge in [0.25, 0.3) is 0 Å². The van der Waals surface area contributed by atoms with E-state index in [1.807, 2.05) is 58.9 Å². The number of benzene rings is 1. The Balaban J connectivity index is 0.00000576. The summed E-state index contributed by atoms with van der Waals surface area (Å²) in [5, 5.41) is 10.1. The molecule has 0 aliphatic carbocycles. The monoisotopic (exact) mass is 480 g/mol. The van der Waals surface area contributed by atoms with E-state index in [4.69, 9.17) is 11.6 Å². The molecule has 0 saturated carbocycles. The van der Waals surface area contributed by atoms with Gasteiger partial charge in [-0.15, -0.1) is 24.0 Å². The van der Waals surface area contributed by atoms with Crippen LogP contribution in [0.4, 0.5) is 0 Å². The van der Waals surface area contributed by atoms with Crippen molar-refractivity contribution in [1.29, 1.82) is 0 Å². The number of carbonyl (C=O) groups excluding carboxylic acids is 1. The molecule has 0 aliphatic heterocycles. The summed E-state index contributed by atoms with van der Waals surface area (Å²) in [4.78, 5) is 16.7. The zero-order chi connectivity index (χ0) is 18.2. The van der Waals surface area contributed by atoms with Crippen LogP contribution in [0.2, 0.25) is 5.02 Å². The second-order valence-electron chi connectivity index (χ2n) is 6.33. The maximum Gasteiger partial charge on any atom is 0.227 e. The number of nitrogens with one attached hydrogen (secondary N) is 3. The highest BCUT2D eigenvalue weighted by molar-refractivity contribution is 14.0. The number of carbonyl (C=O) groups is 1. The van der Waals surface area contributed by atoms with Crippen LogP contribution in [0, 0.1) is 5.41 Å². The molecule has 3 N–H and O–H groups in total. The third-order valence-electron chi connectivity index (χ3n) is 3.65. The standard InChI is InChI=1S/C18H29ClN4O.HI/c1-6-20-16(24)18(4,5)12-22-17(21-7-2)23-13(3)14-10-8-9-11-15(14)19;/h8-11,13H,6-7,12H2,1-5H3,(H,20,24)(H2,21,22,23);1H. The van der Waals surface area contributed by atoms with Crippen molar-refractivity contribution >= 4 is 47.4 Å². The smallest absolute Gasteiger partial charge is 0.227 e. The molecular weight excluding hydrogens is 451 g/mol. The third-order valence-corrected chi connectivity index (χ3v) is 4.00. The van der Waals surface area contributed by atoms with Crippen LogP contribution in [0.1, 0.15) is 46.2 Å². The van der Waals surface area contributed by atoms with Crippen molar-refractivity contribution in [2.45, 2.75) is 40.7 Å². The van der Waals surface area contributed by atoms with Crippen LogP contribution in [0.25, 0.3) is 0 Å². The van der Waals surface area contributed by atoms with Gasteiger partial charge in [0.05, 0.1) is 18.0 Å². The normalized spacial score (nSPS) is 12.8. The molecular formula is C18H30ClIN4O. The predicted molar refractivity (Wildman–Crippen MR) is 117 cm³/mol. The molecule has 0 aromatic heterocycles. The largest absolute Gasteiger partial charge is 0.357 e. The molecule has 0 heterocycles. The zero-order valence-corrected chi connectivity index (χ0v) is 18.7. The summed E-state index contributed by atoms with van der Waals surface area (Å²) in [6.07, 6.45) is 0. The predicted octanol–water partition coefficient (Wildman–Crippen LogP) is 3.74. The highest BCUT2D eigenvalue weighted by atomic mass is 127. The van der Waals surface area contributed by atoms with Gasteiger partial charge in [0.1, 0.15) is 0 Å². The van der Waals surface area contributed by atoms with E-state index in [9.17, 15) is 4.79 Å². The van der Waals surface area contributed by atoms with Gasteiger partial charge >= 0.3 is 0 Å². The summed E-state index contributed by atoms with van der Waals surface area (Å²) in [5.74, 6) is 0.672. The summed E-state index contributed by atoms with van der Waals surface area (Å²) < 4.78 is 0. The lowest BCUT2D eigenvalue weighted by Gasteiger charge is -2.23. The minimum atomic E-state index is -0.564. The van der Waals surface area contributed by atoms with E-state index in [2.05, 4.69) is 20.9 Å². The Labute approximate surface area is 173 Å². The number of halogens is 2. The Morgan fingerprint density at radius 2 is 1.80 bits per heavy atom. The average Bonchev–Trinajstić information content (AvgIpc) is 2.53. The number of aliphatic imine (C=N–C) groups is 1. The first-order valence-electron chi connectivity index (χ1n) is 8.39. The van der Waals surface area contributed by atoms with Crippen molar-refractivity contribution in [3.63, 3.8) is 0 Å². The summed E-state index contributed by atoms with van der Waals surface area (Å²) in [6.45, 7) is 11.5. The number of hydrogen-bond acceptors (Lipinski definition) is 2. The quantitative estimate of drug-likeness (QED) is 0.316. The van der Waals surface area contributed by atoms with Crippen LogP contribution in [0.3, 0.4) is 0 Å². The SMILES string of the molecule is CCNC(=O)C(C)(C)CN=C(NCC)NC(C)c1ccccc1Cl.I. The first kappa shape index (κ1) is 24.0. The van der Waals surface area contributed by atoms with Crippen molar-refractivity contribution in [1.82, 2.24) is 16.0 Å². The van der Waals surface area contributed by atoms with Gasteiger partial charge < -0.3 is 16.0 Å². The zero-order valence-electron chi connectivity index (χ0n) is 15.6. The van der Waals surface area contributed by atoms with Crippen LogP contribution in [0.5, 0.6) is 0 Å². The van der Waals surface area contributed by atoms with Crippen LogP contribution >= 0.6 is 35.6 Å². The Morgan fingerprint density at radius 1 is 1.20 bits per heavy atom. The first-order chi connectivity index (χ1) is 11.3. The van der Waals surface area contributed by atoms with Crippen molar-refractivity contribution in [3.8, 4) is 0 Å². The van der Waals surface area contributed by atoms with Crippen molar-refractivity contribution in [2.24, 2.45) is 10.4 Å². The molecule has 0 bridgehead atoms. The van der Waals surface area contributed by atoms with Crippen LogP contribution < -0.4 is 16.0 Å². The fourth-order valence-corrected chi connectivity index (χ4v) is 2.48. The van der Waals surface area contributed by atoms with E-state index in [0.29, 0.717) is 19.0 Å². The van der Waals surface area contributed by atoms with Crippen LogP contribution in [-0.4, -0.2) is 31.5 Å². The molecule has 0 saturated heterocycles. The maximum absolute atomic E-state index is 12.1. The molecule has 0 radical (unpaired) electrons. The summed E-state index contributed by atoms with van der Waals surface area (Å²) in [7, 11) is 0. The second-order valence-corrected chi connectivity index (χ2v) is 6.73. The molecule has 0 aliphatic rings. The minimum absolute atomic E-state index is 0. The van der Waals surface area contributed by atoms with Gasteiger partial charge in [0.15, 0.2) is 5.96 Å². The van der Waals surface area contributed by atoms with Gasteiger partial charge in [-0.05, 0) is 46.2 Å². The van der Waals surface area contributed by atoms with E-state index in [-0.39, 0.29) is 35.9 Å². The molecule has 0 fully saturated rings. The van der Waals surface area contributed by atoms with Crippen LogP contribution in [0.15, 0.2) is 29.3 Å². The molecule has 1 unspecified atom stereocenters. The summed E-state index contributed by atoms with van der Waals surface area (Å²) in [5.41, 5.74) is 0.444. The Kier molecular flexibility index (Phi) is 11.1. The number of nitrogens with zero attached hydrogens (tertiary/aromatic N) is 1. The van der Waals surface area contributed by atoms with Crippen molar-refractivity contribution in [3.05, 3.63) is 34.9 Å². The highest BCUT2D eigenvalue weighted by Gasteiger charge is 2.27. The third kappa shape index (κ3) is 7.81. The Hall–Kier alpha value is -1.02. The average molecular weight is 481 g/mol. The molecule has 25 heavy (non-hydrogen) atoms. The molecule has 1 rings (SSSR count). The topological polar surface area (TPSA) is 65.5 Å². The number of amides is 1. The second kappa shape index (κ2) is 11.6. The van der Waals surface area contributed by atoms with Gasteiger partial charge in [-0.3, -0.25) is 9.79 Å². The fourth-order valence-electron chi connectivity index (χ4n) is 2.18. The van der Waals surface area contributed by atoms with E-state index in [1.54, 1.807) is 0 Å². The van der Waals surface area contributed by atoms with Crippen molar-refractivity contribution < 1.29 is 4.79 Å². The van der Waals surface area contributed by atoms with E-state index < -0.39 is 5.41 Å². The number of hydrogen-bond donors (Lipinski definition) is 3. The molecule has 142 valence electrons. The van der Waals surface area contributed by atoms with E-state index in [1.165, 1.54) is 0 Å². The Bertz CT molecular complexity index is 578. The molecule has 1 atom stereocenters. The molecule has 7 heteroatoms. The molecule has 0 spiro atoms. The minimum Gasteiger partial charge on any atom is -0.357 e. The summed E-state index contributed by atoms with van der Waals surface area (Å²) >= 11 is 6.25. The molecule has 1 amide bonds. The number of rotatable bonds is 7. The maximum atomic E-state index is 12.1. The lowest BCUT2D eigenvalue weighted by molar-refractivity contribution is -0.128. The lowest BCUT2D eigenvalue weighted by atomic mass is 9.92. The van der Waals surface area contributed by atoms with Gasteiger partial charge in [0.2, 0.25) is 5.91 Å². The lowest BCUT2D eigenvalue weighted by Crippen LogP contribution is -2.42. The van der Waals surface area contributed by atoms with E-state index >= 15 is 0 Å². The Morgan fingerprint density at radius 3 is 2.36 bits per heavy atom. The summed E-state index contributed by atoms with van der Waals surface area (Å²) in [6, 6.07) is 7.73. The molecule has 1 aromatic rings. The molecule has 1 aromatic carbocycles. The van der Waals surface area contributed by atoms with Crippen LogP contribution in [-0.2, 0) is 4.79 Å². The fraction of sp³-hybridized carbons (Fsp3) is 0.556.